The van der Waals surface area contributed by atoms with Crippen molar-refractivity contribution >= 4 is 5.97 Å². The molecule has 0 saturated carbocycles. The predicted octanol–water partition coefficient (Wildman–Crippen LogP) is 3.73. The third-order valence-corrected chi connectivity index (χ3v) is 5.61. The van der Waals surface area contributed by atoms with Gasteiger partial charge in [-0.2, -0.15) is 0 Å². The smallest absolute Gasteiger partial charge is 0.347 e. The van der Waals surface area contributed by atoms with Crippen LogP contribution in [0.3, 0.4) is 0 Å². The van der Waals surface area contributed by atoms with Gasteiger partial charge >= 0.3 is 5.97 Å². The highest BCUT2D eigenvalue weighted by molar-refractivity contribution is 5.85. The molecule has 4 nitrogen and oxygen atoms in total. The lowest BCUT2D eigenvalue weighted by atomic mass is 9.86. The zero-order valence-corrected chi connectivity index (χ0v) is 16.2. The number of likely N-dealkylation sites (tertiary alicyclic amines) is 1. The van der Waals surface area contributed by atoms with Crippen LogP contribution in [0.2, 0.25) is 0 Å². The first-order chi connectivity index (χ1) is 13.0. The number of nitrogens with zero attached hydrogens (tertiary/aromatic N) is 1. The molecule has 1 N–H and O–H groups in total. The van der Waals surface area contributed by atoms with Gasteiger partial charge in [-0.25, -0.2) is 4.79 Å². The Hall–Kier alpha value is -2.17. The lowest BCUT2D eigenvalue weighted by Crippen LogP contribution is -2.39. The maximum absolute atomic E-state index is 12.9. The summed E-state index contributed by atoms with van der Waals surface area (Å²) in [4.78, 5) is 15.4. The molecule has 4 heteroatoms. The molecule has 144 valence electrons. The molecule has 2 atom stereocenters. The van der Waals surface area contributed by atoms with E-state index < -0.39 is 11.6 Å². The standard InChI is InChI=1S/C23H29NO3/c1-18-14-15-19(2)24(18)16-9-17-27-22(25)23(26,20-10-5-3-6-11-20)21-12-7-4-8-13-21/h3-8,10-13,18-19,26H,9,14-17H2,1-2H3. The zero-order valence-electron chi connectivity index (χ0n) is 16.2. The van der Waals surface area contributed by atoms with E-state index >= 15 is 0 Å². The summed E-state index contributed by atoms with van der Waals surface area (Å²) >= 11 is 0. The van der Waals surface area contributed by atoms with Crippen molar-refractivity contribution in [3.8, 4) is 0 Å². The van der Waals surface area contributed by atoms with Gasteiger partial charge in [-0.15, -0.1) is 0 Å². The molecule has 0 amide bonds. The van der Waals surface area contributed by atoms with E-state index in [0.717, 1.165) is 13.0 Å². The maximum atomic E-state index is 12.9. The first-order valence-corrected chi connectivity index (χ1v) is 9.80. The van der Waals surface area contributed by atoms with Crippen molar-refractivity contribution < 1.29 is 14.6 Å². The number of rotatable bonds is 7. The van der Waals surface area contributed by atoms with Crippen LogP contribution in [0.5, 0.6) is 0 Å². The average molecular weight is 367 g/mol. The van der Waals surface area contributed by atoms with E-state index in [9.17, 15) is 9.90 Å². The van der Waals surface area contributed by atoms with E-state index in [1.54, 1.807) is 24.3 Å². The van der Waals surface area contributed by atoms with E-state index in [2.05, 4.69) is 18.7 Å². The van der Waals surface area contributed by atoms with Crippen LogP contribution in [0, 0.1) is 0 Å². The Morgan fingerprint density at radius 2 is 1.48 bits per heavy atom. The minimum atomic E-state index is -1.79. The highest BCUT2D eigenvalue weighted by Crippen LogP contribution is 2.31. The molecule has 2 unspecified atom stereocenters. The number of hydrogen-bond acceptors (Lipinski definition) is 4. The van der Waals surface area contributed by atoms with E-state index in [1.165, 1.54) is 12.8 Å². The van der Waals surface area contributed by atoms with Crippen molar-refractivity contribution in [2.24, 2.45) is 0 Å². The topological polar surface area (TPSA) is 49.8 Å². The third kappa shape index (κ3) is 4.23. The second-order valence-electron chi connectivity index (χ2n) is 7.45. The largest absolute Gasteiger partial charge is 0.463 e. The molecule has 2 aromatic rings. The molecule has 0 bridgehead atoms. The Morgan fingerprint density at radius 1 is 1.00 bits per heavy atom. The molecule has 0 aliphatic carbocycles. The van der Waals surface area contributed by atoms with Gasteiger partial charge in [0.05, 0.1) is 6.61 Å². The Bertz CT molecular complexity index is 682. The first-order valence-electron chi connectivity index (χ1n) is 9.80. The highest BCUT2D eigenvalue weighted by Gasteiger charge is 2.41. The van der Waals surface area contributed by atoms with Gasteiger partial charge in [-0.05, 0) is 44.2 Å². The van der Waals surface area contributed by atoms with E-state index in [1.807, 2.05) is 36.4 Å². The number of esters is 1. The summed E-state index contributed by atoms with van der Waals surface area (Å²) in [6, 6.07) is 19.1. The molecule has 0 spiro atoms. The molecule has 1 aliphatic heterocycles. The minimum Gasteiger partial charge on any atom is -0.463 e. The van der Waals surface area contributed by atoms with Crippen molar-refractivity contribution in [2.45, 2.75) is 50.8 Å². The number of benzene rings is 2. The van der Waals surface area contributed by atoms with Gasteiger partial charge < -0.3 is 9.84 Å². The maximum Gasteiger partial charge on any atom is 0.347 e. The number of carbonyl (C=O) groups excluding carboxylic acids is 1. The van der Waals surface area contributed by atoms with Gasteiger partial charge in [0.1, 0.15) is 0 Å². The van der Waals surface area contributed by atoms with Crippen molar-refractivity contribution in [2.75, 3.05) is 13.2 Å². The summed E-state index contributed by atoms with van der Waals surface area (Å²) in [6.07, 6.45) is 3.21. The number of aliphatic hydroxyl groups is 1. The van der Waals surface area contributed by atoms with Crippen LogP contribution in [0.1, 0.15) is 44.2 Å². The summed E-state index contributed by atoms with van der Waals surface area (Å²) in [7, 11) is 0. The van der Waals surface area contributed by atoms with Gasteiger partial charge in [-0.1, -0.05) is 60.7 Å². The first kappa shape index (κ1) is 19.6. The molecule has 27 heavy (non-hydrogen) atoms. The van der Waals surface area contributed by atoms with Gasteiger partial charge in [-0.3, -0.25) is 4.90 Å². The lowest BCUT2D eigenvalue weighted by molar-refractivity contribution is -0.162. The quantitative estimate of drug-likeness (QED) is 0.598. The second kappa shape index (κ2) is 8.68. The van der Waals surface area contributed by atoms with E-state index in [-0.39, 0.29) is 0 Å². The van der Waals surface area contributed by atoms with Crippen LogP contribution in [0.15, 0.2) is 60.7 Å². The monoisotopic (exact) mass is 367 g/mol. The van der Waals surface area contributed by atoms with Gasteiger partial charge in [0.25, 0.3) is 0 Å². The molecule has 1 saturated heterocycles. The van der Waals surface area contributed by atoms with Crippen molar-refractivity contribution in [3.63, 3.8) is 0 Å². The van der Waals surface area contributed by atoms with Crippen LogP contribution in [0.25, 0.3) is 0 Å². The third-order valence-electron chi connectivity index (χ3n) is 5.61. The summed E-state index contributed by atoms with van der Waals surface area (Å²) in [6.45, 7) is 5.71. The molecule has 0 radical (unpaired) electrons. The molecular weight excluding hydrogens is 338 g/mol. The summed E-state index contributed by atoms with van der Waals surface area (Å²) in [5.41, 5.74) is -0.762. The Kier molecular flexibility index (Phi) is 6.30. The molecular formula is C23H29NO3. The van der Waals surface area contributed by atoms with Crippen LogP contribution in [-0.4, -0.2) is 41.2 Å². The van der Waals surface area contributed by atoms with Crippen LogP contribution >= 0.6 is 0 Å². The summed E-state index contributed by atoms with van der Waals surface area (Å²) < 4.78 is 5.53. The molecule has 0 aromatic heterocycles. The Balaban J connectivity index is 1.67. The summed E-state index contributed by atoms with van der Waals surface area (Å²) in [5.74, 6) is -0.623. The lowest BCUT2D eigenvalue weighted by Gasteiger charge is -2.28. The number of ether oxygens (including phenoxy) is 1. The van der Waals surface area contributed by atoms with Gasteiger partial charge in [0.15, 0.2) is 0 Å². The minimum absolute atomic E-state index is 0.302. The fourth-order valence-electron chi connectivity index (χ4n) is 3.97. The van der Waals surface area contributed by atoms with E-state index in [0.29, 0.717) is 29.8 Å². The van der Waals surface area contributed by atoms with Crippen molar-refractivity contribution in [1.82, 2.24) is 4.90 Å². The molecule has 2 aromatic carbocycles. The Morgan fingerprint density at radius 3 is 1.96 bits per heavy atom. The highest BCUT2D eigenvalue weighted by atomic mass is 16.5. The summed E-state index contributed by atoms with van der Waals surface area (Å²) in [5, 5.41) is 11.3. The zero-order chi connectivity index (χ0) is 19.3. The van der Waals surface area contributed by atoms with E-state index in [4.69, 9.17) is 4.74 Å². The molecule has 1 heterocycles. The van der Waals surface area contributed by atoms with Crippen molar-refractivity contribution in [3.05, 3.63) is 71.8 Å². The molecule has 1 aliphatic rings. The average Bonchev–Trinajstić information content (AvgIpc) is 3.03. The number of hydrogen-bond donors (Lipinski definition) is 1. The van der Waals surface area contributed by atoms with Crippen LogP contribution < -0.4 is 0 Å². The second-order valence-corrected chi connectivity index (χ2v) is 7.45. The fourth-order valence-corrected chi connectivity index (χ4v) is 3.97. The van der Waals surface area contributed by atoms with Crippen LogP contribution in [-0.2, 0) is 15.1 Å². The number of carbonyl (C=O) groups is 1. The Labute approximate surface area is 161 Å². The molecule has 3 rings (SSSR count). The van der Waals surface area contributed by atoms with Gasteiger partial charge in [0, 0.05) is 18.6 Å². The fraction of sp³-hybridized carbons (Fsp3) is 0.435. The predicted molar refractivity (Wildman–Crippen MR) is 106 cm³/mol. The van der Waals surface area contributed by atoms with Crippen LogP contribution in [0.4, 0.5) is 0 Å². The van der Waals surface area contributed by atoms with Crippen molar-refractivity contribution in [1.29, 1.82) is 0 Å². The normalized spacial score (nSPS) is 20.6. The SMILES string of the molecule is CC1CCC(C)N1CCCOC(=O)C(O)(c1ccccc1)c1ccccc1. The van der Waals surface area contributed by atoms with Gasteiger partial charge in [0.2, 0.25) is 5.60 Å². The molecule has 1 fully saturated rings.